The van der Waals surface area contributed by atoms with Crippen molar-refractivity contribution in [2.24, 2.45) is 0 Å². The third kappa shape index (κ3) is 3.94. The molecule has 4 rings (SSSR count). The fourth-order valence-electron chi connectivity index (χ4n) is 4.04. The summed E-state index contributed by atoms with van der Waals surface area (Å²) < 4.78 is 19.2. The fraction of sp³-hybridized carbons (Fsp3) is 0.381. The molecular weight excluding hydrogens is 367 g/mol. The lowest BCUT2D eigenvalue weighted by Gasteiger charge is -2.32. The summed E-state index contributed by atoms with van der Waals surface area (Å²) in [7, 11) is 0. The maximum atomic E-state index is 14.0. The molecule has 4 nitrogen and oxygen atoms in total. The first-order valence-electron chi connectivity index (χ1n) is 9.26. The molecule has 0 saturated carbocycles. The molecule has 0 aromatic heterocycles. The van der Waals surface area contributed by atoms with Gasteiger partial charge in [-0.3, -0.25) is 9.69 Å². The number of fused-ring (bicyclic) bond motifs is 3. The average Bonchev–Trinajstić information content (AvgIpc) is 3.13. The van der Waals surface area contributed by atoms with Crippen LogP contribution in [0.4, 0.5) is 10.1 Å². The van der Waals surface area contributed by atoms with Crippen molar-refractivity contribution in [2.45, 2.75) is 32.2 Å². The third-order valence-electron chi connectivity index (χ3n) is 5.29. The van der Waals surface area contributed by atoms with Crippen LogP contribution in [0.3, 0.4) is 0 Å². The first-order chi connectivity index (χ1) is 12.7. The summed E-state index contributed by atoms with van der Waals surface area (Å²) in [6.07, 6.45) is 3.46. The number of amides is 1. The Kier molecular flexibility index (Phi) is 6.02. The lowest BCUT2D eigenvalue weighted by Crippen LogP contribution is -2.31. The van der Waals surface area contributed by atoms with Crippen LogP contribution in [0.25, 0.3) is 0 Å². The van der Waals surface area contributed by atoms with Crippen LogP contribution in [0.5, 0.6) is 5.75 Å². The smallest absolute Gasteiger partial charge is 0.255 e. The van der Waals surface area contributed by atoms with Gasteiger partial charge in [-0.2, -0.15) is 0 Å². The summed E-state index contributed by atoms with van der Waals surface area (Å²) in [6.45, 7) is 4.46. The second-order valence-corrected chi connectivity index (χ2v) is 6.89. The number of ether oxygens (including phenoxy) is 1. The van der Waals surface area contributed by atoms with Crippen LogP contribution >= 0.6 is 12.4 Å². The highest BCUT2D eigenvalue weighted by molar-refractivity contribution is 6.04. The van der Waals surface area contributed by atoms with Crippen LogP contribution in [0.15, 0.2) is 36.4 Å². The van der Waals surface area contributed by atoms with E-state index in [2.05, 4.69) is 22.3 Å². The molecular formula is C21H24ClFN2O2. The SMILES string of the molecule is CCOc1ccc(C(=O)Nc2ccc3c(c2)C2CCCN2CC3)cc1F.Cl. The van der Waals surface area contributed by atoms with E-state index >= 15 is 0 Å². The van der Waals surface area contributed by atoms with Gasteiger partial charge in [0.25, 0.3) is 5.91 Å². The summed E-state index contributed by atoms with van der Waals surface area (Å²) in [5, 5.41) is 2.90. The van der Waals surface area contributed by atoms with Crippen LogP contribution in [0, 0.1) is 5.82 Å². The molecule has 2 heterocycles. The molecule has 2 aromatic rings. The molecule has 2 aliphatic heterocycles. The van der Waals surface area contributed by atoms with E-state index in [0.717, 1.165) is 25.2 Å². The van der Waals surface area contributed by atoms with Crippen molar-refractivity contribution in [1.29, 1.82) is 0 Å². The molecule has 1 saturated heterocycles. The number of benzene rings is 2. The summed E-state index contributed by atoms with van der Waals surface area (Å²) >= 11 is 0. The molecule has 0 aliphatic carbocycles. The van der Waals surface area contributed by atoms with Gasteiger partial charge in [0.2, 0.25) is 0 Å². The minimum absolute atomic E-state index is 0. The Labute approximate surface area is 165 Å². The van der Waals surface area contributed by atoms with Crippen molar-refractivity contribution in [2.75, 3.05) is 25.0 Å². The van der Waals surface area contributed by atoms with E-state index in [9.17, 15) is 9.18 Å². The van der Waals surface area contributed by atoms with E-state index in [1.165, 1.54) is 36.1 Å². The third-order valence-corrected chi connectivity index (χ3v) is 5.29. The Hall–Kier alpha value is -2.11. The van der Waals surface area contributed by atoms with Gasteiger partial charge in [-0.15, -0.1) is 12.4 Å². The molecule has 6 heteroatoms. The van der Waals surface area contributed by atoms with Gasteiger partial charge in [0, 0.05) is 23.8 Å². The average molecular weight is 391 g/mol. The van der Waals surface area contributed by atoms with E-state index in [1.54, 1.807) is 13.0 Å². The highest BCUT2D eigenvalue weighted by Crippen LogP contribution is 2.38. The van der Waals surface area contributed by atoms with Crippen LogP contribution in [-0.4, -0.2) is 30.5 Å². The van der Waals surface area contributed by atoms with Gasteiger partial charge < -0.3 is 10.1 Å². The number of hydrogen-bond donors (Lipinski definition) is 1. The normalized spacial score (nSPS) is 18.2. The van der Waals surface area contributed by atoms with E-state index in [0.29, 0.717) is 12.6 Å². The van der Waals surface area contributed by atoms with Crippen molar-refractivity contribution < 1.29 is 13.9 Å². The fourth-order valence-corrected chi connectivity index (χ4v) is 4.04. The van der Waals surface area contributed by atoms with E-state index in [1.807, 2.05) is 6.07 Å². The molecule has 1 fully saturated rings. The summed E-state index contributed by atoms with van der Waals surface area (Å²) in [5.41, 5.74) is 3.74. The monoisotopic (exact) mass is 390 g/mol. The molecule has 2 aliphatic rings. The molecule has 2 aromatic carbocycles. The second kappa shape index (κ2) is 8.28. The van der Waals surface area contributed by atoms with Gasteiger partial charge in [0.05, 0.1) is 6.61 Å². The minimum atomic E-state index is -0.522. The Bertz CT molecular complexity index is 843. The van der Waals surface area contributed by atoms with Gasteiger partial charge in [0.15, 0.2) is 11.6 Å². The Morgan fingerprint density at radius 3 is 2.89 bits per heavy atom. The van der Waals surface area contributed by atoms with Gasteiger partial charge in [0.1, 0.15) is 0 Å². The number of carbonyl (C=O) groups excluding carboxylic acids is 1. The van der Waals surface area contributed by atoms with Crippen LogP contribution in [0.1, 0.15) is 47.3 Å². The lowest BCUT2D eigenvalue weighted by molar-refractivity contribution is 0.102. The molecule has 0 bridgehead atoms. The van der Waals surface area contributed by atoms with Crippen LogP contribution in [-0.2, 0) is 6.42 Å². The van der Waals surface area contributed by atoms with Gasteiger partial charge in [-0.1, -0.05) is 6.07 Å². The Morgan fingerprint density at radius 2 is 2.11 bits per heavy atom. The molecule has 0 spiro atoms. The van der Waals surface area contributed by atoms with Crippen molar-refractivity contribution in [1.82, 2.24) is 4.90 Å². The van der Waals surface area contributed by atoms with Gasteiger partial charge in [-0.25, -0.2) is 4.39 Å². The predicted octanol–water partition coefficient (Wildman–Crippen LogP) is 4.59. The summed E-state index contributed by atoms with van der Waals surface area (Å²) in [4.78, 5) is 15.0. The quantitative estimate of drug-likeness (QED) is 0.830. The highest BCUT2D eigenvalue weighted by Gasteiger charge is 2.31. The molecule has 1 amide bonds. The zero-order valence-electron chi connectivity index (χ0n) is 15.3. The lowest BCUT2D eigenvalue weighted by atomic mass is 9.92. The predicted molar refractivity (Wildman–Crippen MR) is 106 cm³/mol. The van der Waals surface area contributed by atoms with Gasteiger partial charge >= 0.3 is 0 Å². The van der Waals surface area contributed by atoms with Crippen molar-refractivity contribution in [3.8, 4) is 5.75 Å². The van der Waals surface area contributed by atoms with Gasteiger partial charge in [-0.05, 0) is 74.2 Å². The number of hydrogen-bond acceptors (Lipinski definition) is 3. The van der Waals surface area contributed by atoms with Crippen LogP contribution in [0.2, 0.25) is 0 Å². The van der Waals surface area contributed by atoms with E-state index in [-0.39, 0.29) is 29.6 Å². The number of nitrogens with zero attached hydrogens (tertiary/aromatic N) is 1. The Morgan fingerprint density at radius 1 is 1.26 bits per heavy atom. The topological polar surface area (TPSA) is 41.6 Å². The summed E-state index contributed by atoms with van der Waals surface area (Å²) in [6, 6.07) is 10.9. The van der Waals surface area contributed by atoms with Crippen molar-refractivity contribution in [3.63, 3.8) is 0 Å². The number of anilines is 1. The molecule has 27 heavy (non-hydrogen) atoms. The maximum absolute atomic E-state index is 14.0. The number of carbonyl (C=O) groups is 1. The zero-order chi connectivity index (χ0) is 18.1. The zero-order valence-corrected chi connectivity index (χ0v) is 16.2. The number of halogens is 2. The molecule has 1 atom stereocenters. The first kappa shape index (κ1) is 19.6. The molecule has 1 N–H and O–H groups in total. The van der Waals surface area contributed by atoms with E-state index < -0.39 is 5.82 Å². The minimum Gasteiger partial charge on any atom is -0.491 e. The number of rotatable bonds is 4. The van der Waals surface area contributed by atoms with Crippen LogP contribution < -0.4 is 10.1 Å². The molecule has 144 valence electrons. The largest absolute Gasteiger partial charge is 0.491 e. The van der Waals surface area contributed by atoms with Crippen molar-refractivity contribution in [3.05, 3.63) is 58.9 Å². The maximum Gasteiger partial charge on any atom is 0.255 e. The first-order valence-corrected chi connectivity index (χ1v) is 9.26. The second-order valence-electron chi connectivity index (χ2n) is 6.89. The number of nitrogens with one attached hydrogen (secondary N) is 1. The highest BCUT2D eigenvalue weighted by atomic mass is 35.5. The molecule has 0 radical (unpaired) electrons. The summed E-state index contributed by atoms with van der Waals surface area (Å²) in [5.74, 6) is -0.670. The standard InChI is InChI=1S/C21H23FN2O2.ClH/c1-2-26-20-8-6-15(12-18(20)22)21(25)23-16-7-5-14-9-11-24-10-3-4-19(24)17(14)13-16;/h5-8,12-13,19H,2-4,9-11H2,1H3,(H,23,25);1H. The van der Waals surface area contributed by atoms with Crippen molar-refractivity contribution >= 4 is 24.0 Å². The van der Waals surface area contributed by atoms with E-state index in [4.69, 9.17) is 4.74 Å². The Balaban J connectivity index is 0.00000210. The molecule has 1 unspecified atom stereocenters.